The molecular formula is C20H24N4O4. The summed E-state index contributed by atoms with van der Waals surface area (Å²) in [6.07, 6.45) is 6.29. The van der Waals surface area contributed by atoms with Crippen LogP contribution < -0.4 is 0 Å². The lowest BCUT2D eigenvalue weighted by atomic mass is 10.3. The zero-order valence-corrected chi connectivity index (χ0v) is 15.7. The molecule has 8 nitrogen and oxygen atoms in total. The Morgan fingerprint density at radius 3 is 1.43 bits per heavy atom. The highest BCUT2D eigenvalue weighted by Gasteiger charge is 2.17. The Labute approximate surface area is 164 Å². The highest BCUT2D eigenvalue weighted by molar-refractivity contribution is 5.89. The van der Waals surface area contributed by atoms with Crippen molar-refractivity contribution in [3.8, 4) is 0 Å². The normalized spacial score (nSPS) is 15.1. The van der Waals surface area contributed by atoms with Crippen LogP contribution in [-0.2, 0) is 9.47 Å². The molecule has 0 bridgehead atoms. The van der Waals surface area contributed by atoms with Crippen molar-refractivity contribution < 1.29 is 19.1 Å². The molecule has 0 spiro atoms. The van der Waals surface area contributed by atoms with Crippen molar-refractivity contribution in [3.05, 3.63) is 60.2 Å². The van der Waals surface area contributed by atoms with Crippen molar-refractivity contribution in [3.63, 3.8) is 0 Å². The van der Waals surface area contributed by atoms with Crippen molar-refractivity contribution in [1.29, 1.82) is 0 Å². The summed E-state index contributed by atoms with van der Waals surface area (Å²) >= 11 is 0. The van der Waals surface area contributed by atoms with Gasteiger partial charge >= 0.3 is 11.9 Å². The van der Waals surface area contributed by atoms with Gasteiger partial charge < -0.3 is 9.47 Å². The first-order valence-corrected chi connectivity index (χ1v) is 9.31. The minimum atomic E-state index is -0.322. The molecule has 0 unspecified atom stereocenters. The molecule has 1 fully saturated rings. The van der Waals surface area contributed by atoms with Gasteiger partial charge in [-0.3, -0.25) is 19.8 Å². The molecule has 3 heterocycles. The molecule has 2 aromatic rings. The lowest BCUT2D eigenvalue weighted by molar-refractivity contribution is 0.0352. The first-order valence-electron chi connectivity index (χ1n) is 9.31. The molecule has 1 aliphatic heterocycles. The fourth-order valence-corrected chi connectivity index (χ4v) is 2.91. The molecule has 8 heteroatoms. The van der Waals surface area contributed by atoms with Crippen LogP contribution in [0.25, 0.3) is 0 Å². The van der Waals surface area contributed by atoms with Crippen molar-refractivity contribution in [2.45, 2.75) is 0 Å². The first-order chi connectivity index (χ1) is 13.7. The van der Waals surface area contributed by atoms with Crippen LogP contribution in [0.2, 0.25) is 0 Å². The molecule has 28 heavy (non-hydrogen) atoms. The van der Waals surface area contributed by atoms with Gasteiger partial charge in [-0.25, -0.2) is 9.59 Å². The van der Waals surface area contributed by atoms with Gasteiger partial charge in [0.05, 0.1) is 11.1 Å². The maximum atomic E-state index is 11.9. The third-order valence-corrected chi connectivity index (χ3v) is 4.58. The van der Waals surface area contributed by atoms with Gasteiger partial charge in [0.15, 0.2) is 0 Å². The van der Waals surface area contributed by atoms with Crippen LogP contribution >= 0.6 is 0 Å². The Bertz CT molecular complexity index is 684. The number of piperazine rings is 1. The SMILES string of the molecule is O=C(OCCN1CCN(CCOC(=O)c2ccncc2)CC1)c1ccncc1. The van der Waals surface area contributed by atoms with Crippen LogP contribution in [0, 0.1) is 0 Å². The van der Waals surface area contributed by atoms with Gasteiger partial charge in [0, 0.05) is 64.1 Å². The van der Waals surface area contributed by atoms with E-state index in [2.05, 4.69) is 19.8 Å². The monoisotopic (exact) mass is 384 g/mol. The topological polar surface area (TPSA) is 84.9 Å². The Morgan fingerprint density at radius 1 is 0.714 bits per heavy atom. The van der Waals surface area contributed by atoms with Crippen molar-refractivity contribution in [2.75, 3.05) is 52.5 Å². The zero-order valence-electron chi connectivity index (χ0n) is 15.7. The number of aromatic nitrogens is 2. The molecule has 0 aliphatic carbocycles. The number of hydrogen-bond donors (Lipinski definition) is 0. The zero-order chi connectivity index (χ0) is 19.6. The second-order valence-electron chi connectivity index (χ2n) is 6.43. The predicted molar refractivity (Wildman–Crippen MR) is 102 cm³/mol. The Balaban J connectivity index is 1.27. The van der Waals surface area contributed by atoms with E-state index in [9.17, 15) is 9.59 Å². The number of esters is 2. The van der Waals surface area contributed by atoms with Crippen molar-refractivity contribution >= 4 is 11.9 Å². The second-order valence-corrected chi connectivity index (χ2v) is 6.43. The highest BCUT2D eigenvalue weighted by Crippen LogP contribution is 2.04. The smallest absolute Gasteiger partial charge is 0.338 e. The average molecular weight is 384 g/mol. The van der Waals surface area contributed by atoms with Crippen LogP contribution in [-0.4, -0.2) is 84.2 Å². The van der Waals surface area contributed by atoms with E-state index >= 15 is 0 Å². The molecule has 0 N–H and O–H groups in total. The molecule has 3 rings (SSSR count). The lowest BCUT2D eigenvalue weighted by Gasteiger charge is -2.34. The average Bonchev–Trinajstić information content (AvgIpc) is 2.76. The van der Waals surface area contributed by atoms with E-state index in [4.69, 9.17) is 9.47 Å². The van der Waals surface area contributed by atoms with Crippen molar-refractivity contribution in [2.24, 2.45) is 0 Å². The summed E-state index contributed by atoms with van der Waals surface area (Å²) in [5.41, 5.74) is 1.03. The van der Waals surface area contributed by atoms with Crippen molar-refractivity contribution in [1.82, 2.24) is 19.8 Å². The number of ether oxygens (including phenoxy) is 2. The van der Waals surface area contributed by atoms with Crippen LogP contribution in [0.15, 0.2) is 49.1 Å². The fraction of sp³-hybridized carbons (Fsp3) is 0.400. The lowest BCUT2D eigenvalue weighted by Crippen LogP contribution is -2.48. The summed E-state index contributed by atoms with van der Waals surface area (Å²) in [6, 6.07) is 6.57. The standard InChI is InChI=1S/C20H24N4O4/c25-19(17-1-5-21-6-2-17)27-15-13-23-9-11-24(12-10-23)14-16-28-20(26)18-3-7-22-8-4-18/h1-8H,9-16H2. The number of hydrogen-bond acceptors (Lipinski definition) is 8. The highest BCUT2D eigenvalue weighted by atomic mass is 16.5. The third-order valence-electron chi connectivity index (χ3n) is 4.58. The minimum absolute atomic E-state index is 0.322. The predicted octanol–water partition coefficient (Wildman–Crippen LogP) is 1.11. The van der Waals surface area contributed by atoms with E-state index in [1.165, 1.54) is 0 Å². The molecule has 1 saturated heterocycles. The Kier molecular flexibility index (Phi) is 7.45. The maximum absolute atomic E-state index is 11.9. The largest absolute Gasteiger partial charge is 0.461 e. The van der Waals surface area contributed by atoms with Gasteiger partial charge in [-0.15, -0.1) is 0 Å². The summed E-state index contributed by atoms with van der Waals surface area (Å²) in [5, 5.41) is 0. The number of carbonyl (C=O) groups is 2. The van der Waals surface area contributed by atoms with Crippen LogP contribution in [0.1, 0.15) is 20.7 Å². The van der Waals surface area contributed by atoms with Gasteiger partial charge in [-0.2, -0.15) is 0 Å². The number of nitrogens with zero attached hydrogens (tertiary/aromatic N) is 4. The van der Waals surface area contributed by atoms with E-state index in [1.807, 2.05) is 0 Å². The number of carbonyl (C=O) groups excluding carboxylic acids is 2. The van der Waals surface area contributed by atoms with E-state index in [0.29, 0.717) is 37.4 Å². The van der Waals surface area contributed by atoms with Crippen LogP contribution in [0.4, 0.5) is 0 Å². The molecule has 0 aromatic carbocycles. The third kappa shape index (κ3) is 6.11. The fourth-order valence-electron chi connectivity index (χ4n) is 2.91. The van der Waals surface area contributed by atoms with E-state index in [1.54, 1.807) is 49.1 Å². The first kappa shape index (κ1) is 19.9. The van der Waals surface area contributed by atoms with E-state index in [0.717, 1.165) is 26.2 Å². The molecule has 0 radical (unpaired) electrons. The molecule has 0 amide bonds. The number of rotatable bonds is 8. The minimum Gasteiger partial charge on any atom is -0.461 e. The Morgan fingerprint density at radius 2 is 1.07 bits per heavy atom. The summed E-state index contributed by atoms with van der Waals surface area (Å²) in [5.74, 6) is -0.644. The molecule has 1 aliphatic rings. The second kappa shape index (κ2) is 10.5. The van der Waals surface area contributed by atoms with Gasteiger partial charge in [-0.05, 0) is 24.3 Å². The maximum Gasteiger partial charge on any atom is 0.338 e. The molecule has 2 aromatic heterocycles. The van der Waals surface area contributed by atoms with Gasteiger partial charge in [-0.1, -0.05) is 0 Å². The van der Waals surface area contributed by atoms with Crippen LogP contribution in [0.5, 0.6) is 0 Å². The van der Waals surface area contributed by atoms with Gasteiger partial charge in [0.25, 0.3) is 0 Å². The van der Waals surface area contributed by atoms with Gasteiger partial charge in [0.1, 0.15) is 13.2 Å². The summed E-state index contributed by atoms with van der Waals surface area (Å²) < 4.78 is 10.6. The Hall–Kier alpha value is -2.84. The molecule has 0 atom stereocenters. The van der Waals surface area contributed by atoms with E-state index in [-0.39, 0.29) is 11.9 Å². The van der Waals surface area contributed by atoms with E-state index < -0.39 is 0 Å². The molecule has 148 valence electrons. The summed E-state index contributed by atoms with van der Waals surface area (Å²) in [4.78, 5) is 36.1. The summed E-state index contributed by atoms with van der Waals surface area (Å²) in [7, 11) is 0. The number of pyridine rings is 2. The van der Waals surface area contributed by atoms with Gasteiger partial charge in [0.2, 0.25) is 0 Å². The summed E-state index contributed by atoms with van der Waals surface area (Å²) in [6.45, 7) is 5.73. The quantitative estimate of drug-likeness (QED) is 0.626. The molecular weight excluding hydrogens is 360 g/mol. The van der Waals surface area contributed by atoms with Crippen LogP contribution in [0.3, 0.4) is 0 Å². The molecule has 0 saturated carbocycles.